The van der Waals surface area contributed by atoms with Crippen LogP contribution >= 0.6 is 0 Å². The normalized spacial score (nSPS) is 15.5. The Hall–Kier alpha value is -1.14. The molecule has 1 heterocycles. The number of carbonyl (C=O) groups is 2. The second kappa shape index (κ2) is 12.3. The summed E-state index contributed by atoms with van der Waals surface area (Å²) in [7, 11) is 0. The number of hydrogen-bond acceptors (Lipinski definition) is 5. The van der Waals surface area contributed by atoms with Crippen LogP contribution in [0.3, 0.4) is 0 Å². The Morgan fingerprint density at radius 1 is 1.12 bits per heavy atom. The minimum absolute atomic E-state index is 0.0515. The first-order chi connectivity index (χ1) is 11.6. The van der Waals surface area contributed by atoms with E-state index in [2.05, 4.69) is 4.90 Å². The number of amides is 1. The van der Waals surface area contributed by atoms with Gasteiger partial charge in [-0.05, 0) is 26.2 Å². The zero-order valence-electron chi connectivity index (χ0n) is 15.6. The monoisotopic (exact) mass is 342 g/mol. The van der Waals surface area contributed by atoms with Gasteiger partial charge in [0.05, 0.1) is 26.2 Å². The van der Waals surface area contributed by atoms with Gasteiger partial charge in [-0.2, -0.15) is 0 Å². The molecule has 1 amide bonds. The van der Waals surface area contributed by atoms with E-state index in [4.69, 9.17) is 9.47 Å². The van der Waals surface area contributed by atoms with Crippen LogP contribution in [0.5, 0.6) is 0 Å². The van der Waals surface area contributed by atoms with Crippen LogP contribution in [0.2, 0.25) is 0 Å². The Morgan fingerprint density at radius 2 is 1.79 bits per heavy atom. The van der Waals surface area contributed by atoms with Crippen LogP contribution in [0.25, 0.3) is 0 Å². The van der Waals surface area contributed by atoms with E-state index in [1.54, 1.807) is 6.92 Å². The molecule has 0 unspecified atom stereocenters. The third-order valence-electron chi connectivity index (χ3n) is 4.54. The lowest BCUT2D eigenvalue weighted by Gasteiger charge is -2.29. The Balaban J connectivity index is 2.48. The summed E-state index contributed by atoms with van der Waals surface area (Å²) in [5, 5.41) is 0. The quantitative estimate of drug-likeness (QED) is 0.537. The Bertz CT molecular complexity index is 366. The van der Waals surface area contributed by atoms with Crippen molar-refractivity contribution in [2.75, 3.05) is 52.5 Å². The number of nitrogens with zero attached hydrogens (tertiary/aromatic N) is 2. The van der Waals surface area contributed by atoms with Crippen LogP contribution in [-0.4, -0.2) is 74.2 Å². The number of carbonyl (C=O) groups excluding carboxylic acids is 2. The summed E-state index contributed by atoms with van der Waals surface area (Å²) < 4.78 is 10.3. The van der Waals surface area contributed by atoms with E-state index >= 15 is 0 Å². The topological polar surface area (TPSA) is 59.1 Å². The Morgan fingerprint density at radius 3 is 2.38 bits per heavy atom. The third-order valence-corrected chi connectivity index (χ3v) is 4.54. The molecule has 0 saturated carbocycles. The lowest BCUT2D eigenvalue weighted by atomic mass is 10.0. The van der Waals surface area contributed by atoms with Crippen LogP contribution in [0.1, 0.15) is 46.5 Å². The first-order valence-electron chi connectivity index (χ1n) is 9.36. The fourth-order valence-corrected chi connectivity index (χ4v) is 3.00. The highest BCUT2D eigenvalue weighted by atomic mass is 16.5. The molecule has 1 saturated heterocycles. The standard InChI is InChI=1S/C18H34N2O4/c1-4-16(5-2)18(22)20(11-8-17(21)24-6-3)10-7-9-19-12-14-23-15-13-19/h16H,4-15H2,1-3H3. The fraction of sp³-hybridized carbons (Fsp3) is 0.889. The summed E-state index contributed by atoms with van der Waals surface area (Å²) in [6, 6.07) is 0. The van der Waals surface area contributed by atoms with Crippen molar-refractivity contribution in [3.05, 3.63) is 0 Å². The number of morpholine rings is 1. The number of ether oxygens (including phenoxy) is 2. The molecule has 24 heavy (non-hydrogen) atoms. The second-order valence-electron chi connectivity index (χ2n) is 6.20. The maximum atomic E-state index is 12.7. The molecule has 1 fully saturated rings. The molecule has 6 heteroatoms. The molecule has 0 aromatic carbocycles. The first-order valence-corrected chi connectivity index (χ1v) is 9.36. The van der Waals surface area contributed by atoms with Gasteiger partial charge in [-0.15, -0.1) is 0 Å². The molecule has 0 bridgehead atoms. The van der Waals surface area contributed by atoms with Crippen molar-refractivity contribution in [3.63, 3.8) is 0 Å². The number of esters is 1. The van der Waals surface area contributed by atoms with Gasteiger partial charge in [-0.1, -0.05) is 13.8 Å². The van der Waals surface area contributed by atoms with Gasteiger partial charge in [0.25, 0.3) is 0 Å². The first kappa shape index (κ1) is 20.9. The van der Waals surface area contributed by atoms with E-state index < -0.39 is 0 Å². The maximum Gasteiger partial charge on any atom is 0.307 e. The number of hydrogen-bond donors (Lipinski definition) is 0. The van der Waals surface area contributed by atoms with Gasteiger partial charge in [0.15, 0.2) is 0 Å². The van der Waals surface area contributed by atoms with E-state index in [0.717, 1.165) is 52.1 Å². The molecule has 0 radical (unpaired) electrons. The Labute approximate surface area is 146 Å². The molecular formula is C18H34N2O4. The second-order valence-corrected chi connectivity index (χ2v) is 6.20. The van der Waals surface area contributed by atoms with Gasteiger partial charge >= 0.3 is 5.97 Å². The van der Waals surface area contributed by atoms with Crippen molar-refractivity contribution in [2.24, 2.45) is 5.92 Å². The minimum Gasteiger partial charge on any atom is -0.466 e. The van der Waals surface area contributed by atoms with E-state index in [9.17, 15) is 9.59 Å². The Kier molecular flexibility index (Phi) is 10.7. The highest BCUT2D eigenvalue weighted by Crippen LogP contribution is 2.13. The van der Waals surface area contributed by atoms with Crippen molar-refractivity contribution in [1.29, 1.82) is 0 Å². The molecule has 0 spiro atoms. The van der Waals surface area contributed by atoms with E-state index in [0.29, 0.717) is 19.7 Å². The van der Waals surface area contributed by atoms with Crippen LogP contribution in [0, 0.1) is 5.92 Å². The van der Waals surface area contributed by atoms with Gasteiger partial charge in [0.2, 0.25) is 5.91 Å². The average molecular weight is 342 g/mol. The summed E-state index contributed by atoms with van der Waals surface area (Å²) in [6.45, 7) is 11.9. The maximum absolute atomic E-state index is 12.7. The van der Waals surface area contributed by atoms with Gasteiger partial charge < -0.3 is 14.4 Å². The third kappa shape index (κ3) is 7.62. The van der Waals surface area contributed by atoms with Crippen LogP contribution in [-0.2, 0) is 19.1 Å². The highest BCUT2D eigenvalue weighted by Gasteiger charge is 2.22. The number of rotatable bonds is 11. The van der Waals surface area contributed by atoms with Crippen LogP contribution < -0.4 is 0 Å². The van der Waals surface area contributed by atoms with Gasteiger partial charge in [-0.25, -0.2) is 0 Å². The molecular weight excluding hydrogens is 308 g/mol. The molecule has 0 aromatic heterocycles. The lowest BCUT2D eigenvalue weighted by Crippen LogP contribution is -2.41. The van der Waals surface area contributed by atoms with Gasteiger partial charge in [0, 0.05) is 38.6 Å². The average Bonchev–Trinajstić information content (AvgIpc) is 2.60. The van der Waals surface area contributed by atoms with E-state index in [1.807, 2.05) is 18.7 Å². The van der Waals surface area contributed by atoms with Crippen LogP contribution in [0.15, 0.2) is 0 Å². The highest BCUT2D eigenvalue weighted by molar-refractivity contribution is 5.79. The summed E-state index contributed by atoms with van der Waals surface area (Å²) in [5.74, 6) is -0.00474. The molecule has 0 aliphatic carbocycles. The summed E-state index contributed by atoms with van der Waals surface area (Å²) in [6.07, 6.45) is 2.88. The molecule has 1 aliphatic rings. The van der Waals surface area contributed by atoms with Crippen molar-refractivity contribution in [3.8, 4) is 0 Å². The molecule has 6 nitrogen and oxygen atoms in total. The molecule has 140 valence electrons. The SMILES string of the molecule is CCOC(=O)CCN(CCCN1CCOCC1)C(=O)C(CC)CC. The van der Waals surface area contributed by atoms with Crippen molar-refractivity contribution in [1.82, 2.24) is 9.80 Å². The smallest absolute Gasteiger partial charge is 0.307 e. The zero-order chi connectivity index (χ0) is 17.8. The van der Waals surface area contributed by atoms with Gasteiger partial charge in [-0.3, -0.25) is 14.5 Å². The predicted molar refractivity (Wildman–Crippen MR) is 93.8 cm³/mol. The van der Waals surface area contributed by atoms with Crippen LogP contribution in [0.4, 0.5) is 0 Å². The fourth-order valence-electron chi connectivity index (χ4n) is 3.00. The molecule has 1 rings (SSSR count). The molecule has 0 aromatic rings. The van der Waals surface area contributed by atoms with Crippen molar-refractivity contribution < 1.29 is 19.1 Å². The summed E-state index contributed by atoms with van der Waals surface area (Å²) in [5.41, 5.74) is 0. The van der Waals surface area contributed by atoms with Crippen molar-refractivity contribution >= 4 is 11.9 Å². The van der Waals surface area contributed by atoms with E-state index in [1.165, 1.54) is 0 Å². The molecule has 0 atom stereocenters. The molecule has 0 N–H and O–H groups in total. The van der Waals surface area contributed by atoms with Gasteiger partial charge in [0.1, 0.15) is 0 Å². The summed E-state index contributed by atoms with van der Waals surface area (Å²) in [4.78, 5) is 28.5. The summed E-state index contributed by atoms with van der Waals surface area (Å²) >= 11 is 0. The van der Waals surface area contributed by atoms with E-state index in [-0.39, 0.29) is 24.2 Å². The largest absolute Gasteiger partial charge is 0.466 e. The minimum atomic E-state index is -0.229. The lowest BCUT2D eigenvalue weighted by molar-refractivity contribution is -0.144. The predicted octanol–water partition coefficient (Wildman–Crippen LogP) is 1.93. The molecule has 1 aliphatic heterocycles. The zero-order valence-corrected chi connectivity index (χ0v) is 15.6. The van der Waals surface area contributed by atoms with Crippen molar-refractivity contribution in [2.45, 2.75) is 46.5 Å².